The smallest absolute Gasteiger partial charge is 0.0742 e. The highest BCUT2D eigenvalue weighted by atomic mass is 32.1. The third kappa shape index (κ3) is 4.05. The Morgan fingerprint density at radius 1 is 1.13 bits per heavy atom. The van der Waals surface area contributed by atoms with E-state index in [0.29, 0.717) is 17.1 Å². The highest BCUT2D eigenvalue weighted by Crippen LogP contribution is 2.10. The standard InChI is InChI=1S/C11H23N3S/c1-9(2)13-4-6-14(7-5-13)10(3)8-11(12)15/h9-10H,4-8H2,1-3H3,(H2,12,15). The van der Waals surface area contributed by atoms with Crippen molar-refractivity contribution in [3.8, 4) is 0 Å². The minimum atomic E-state index is 0.497. The summed E-state index contributed by atoms with van der Waals surface area (Å²) in [5, 5.41) is 0. The molecule has 3 nitrogen and oxygen atoms in total. The van der Waals surface area contributed by atoms with Crippen LogP contribution < -0.4 is 5.73 Å². The molecule has 0 saturated carbocycles. The SMILES string of the molecule is CC(C)N1CCN(C(C)CC(N)=S)CC1. The first kappa shape index (κ1) is 12.9. The third-order valence-electron chi connectivity index (χ3n) is 3.20. The first-order valence-electron chi connectivity index (χ1n) is 5.77. The molecule has 4 heteroatoms. The molecule has 88 valence electrons. The van der Waals surface area contributed by atoms with Crippen LogP contribution in [-0.2, 0) is 0 Å². The van der Waals surface area contributed by atoms with Crippen LogP contribution in [0.15, 0.2) is 0 Å². The molecule has 1 aliphatic heterocycles. The van der Waals surface area contributed by atoms with E-state index in [0.717, 1.165) is 19.5 Å². The fourth-order valence-corrected chi connectivity index (χ4v) is 2.36. The molecule has 1 unspecified atom stereocenters. The number of nitrogens with zero attached hydrogens (tertiary/aromatic N) is 2. The van der Waals surface area contributed by atoms with Crippen LogP contribution in [0.2, 0.25) is 0 Å². The van der Waals surface area contributed by atoms with Crippen molar-refractivity contribution in [2.45, 2.75) is 39.3 Å². The van der Waals surface area contributed by atoms with Gasteiger partial charge in [-0.2, -0.15) is 0 Å². The lowest BCUT2D eigenvalue weighted by Crippen LogP contribution is -2.51. The predicted octanol–water partition coefficient (Wildman–Crippen LogP) is 1.08. The molecule has 0 aliphatic carbocycles. The van der Waals surface area contributed by atoms with Gasteiger partial charge in [0.1, 0.15) is 0 Å². The van der Waals surface area contributed by atoms with Gasteiger partial charge in [-0.15, -0.1) is 0 Å². The van der Waals surface area contributed by atoms with Gasteiger partial charge in [0, 0.05) is 44.7 Å². The fraction of sp³-hybridized carbons (Fsp3) is 0.909. The molecular formula is C11H23N3S. The largest absolute Gasteiger partial charge is 0.393 e. The Labute approximate surface area is 98.6 Å². The van der Waals surface area contributed by atoms with Crippen molar-refractivity contribution in [1.82, 2.24) is 9.80 Å². The molecule has 0 aromatic rings. The summed E-state index contributed by atoms with van der Waals surface area (Å²) in [5.41, 5.74) is 5.57. The molecule has 0 aromatic carbocycles. The van der Waals surface area contributed by atoms with Crippen molar-refractivity contribution in [3.05, 3.63) is 0 Å². The van der Waals surface area contributed by atoms with Crippen LogP contribution in [0.3, 0.4) is 0 Å². The van der Waals surface area contributed by atoms with Crippen LogP contribution in [0.5, 0.6) is 0 Å². The Kier molecular flexibility index (Phi) is 4.96. The maximum absolute atomic E-state index is 5.57. The molecule has 1 aliphatic rings. The molecule has 1 heterocycles. The number of rotatable bonds is 4. The summed E-state index contributed by atoms with van der Waals surface area (Å²) in [4.78, 5) is 5.64. The van der Waals surface area contributed by atoms with E-state index in [2.05, 4.69) is 30.6 Å². The molecule has 1 saturated heterocycles. The highest BCUT2D eigenvalue weighted by molar-refractivity contribution is 7.80. The topological polar surface area (TPSA) is 32.5 Å². The predicted molar refractivity (Wildman–Crippen MR) is 69.1 cm³/mol. The molecule has 15 heavy (non-hydrogen) atoms. The van der Waals surface area contributed by atoms with Crippen molar-refractivity contribution in [2.75, 3.05) is 26.2 Å². The molecule has 0 spiro atoms. The average Bonchev–Trinajstić information content (AvgIpc) is 2.17. The second kappa shape index (κ2) is 5.77. The molecule has 0 aromatic heterocycles. The van der Waals surface area contributed by atoms with Gasteiger partial charge in [-0.1, -0.05) is 12.2 Å². The Balaban J connectivity index is 2.33. The molecule has 1 fully saturated rings. The van der Waals surface area contributed by atoms with Gasteiger partial charge in [-0.05, 0) is 20.8 Å². The van der Waals surface area contributed by atoms with E-state index in [1.54, 1.807) is 0 Å². The highest BCUT2D eigenvalue weighted by Gasteiger charge is 2.22. The van der Waals surface area contributed by atoms with Crippen molar-refractivity contribution in [2.24, 2.45) is 5.73 Å². The van der Waals surface area contributed by atoms with Crippen LogP contribution in [-0.4, -0.2) is 53.1 Å². The van der Waals surface area contributed by atoms with Gasteiger partial charge in [0.05, 0.1) is 4.99 Å². The summed E-state index contributed by atoms with van der Waals surface area (Å²) >= 11 is 4.95. The summed E-state index contributed by atoms with van der Waals surface area (Å²) < 4.78 is 0. The fourth-order valence-electron chi connectivity index (χ4n) is 2.11. The first-order chi connectivity index (χ1) is 7.00. The maximum atomic E-state index is 5.57. The lowest BCUT2D eigenvalue weighted by molar-refractivity contribution is 0.0855. The molecule has 2 N–H and O–H groups in total. The van der Waals surface area contributed by atoms with Crippen LogP contribution >= 0.6 is 12.2 Å². The summed E-state index contributed by atoms with van der Waals surface area (Å²) in [6.45, 7) is 11.3. The van der Waals surface area contributed by atoms with Gasteiger partial charge >= 0.3 is 0 Å². The van der Waals surface area contributed by atoms with Crippen LogP contribution in [0.1, 0.15) is 27.2 Å². The van der Waals surface area contributed by atoms with Crippen LogP contribution in [0, 0.1) is 0 Å². The minimum Gasteiger partial charge on any atom is -0.393 e. The van der Waals surface area contributed by atoms with E-state index in [1.807, 2.05) is 0 Å². The second-order valence-electron chi connectivity index (χ2n) is 4.69. The Morgan fingerprint density at radius 2 is 1.60 bits per heavy atom. The van der Waals surface area contributed by atoms with Crippen LogP contribution in [0.25, 0.3) is 0 Å². The number of hydrogen-bond acceptors (Lipinski definition) is 3. The van der Waals surface area contributed by atoms with Gasteiger partial charge in [-0.3, -0.25) is 9.80 Å². The number of thiocarbonyl (C=S) groups is 1. The molecule has 0 amide bonds. The van der Waals surface area contributed by atoms with E-state index in [9.17, 15) is 0 Å². The number of hydrogen-bond donors (Lipinski definition) is 1. The summed E-state index contributed by atoms with van der Waals surface area (Å²) in [6, 6.07) is 1.16. The molecular weight excluding hydrogens is 206 g/mol. The quantitative estimate of drug-likeness (QED) is 0.731. The van der Waals surface area contributed by atoms with Crippen molar-refractivity contribution in [3.63, 3.8) is 0 Å². The van der Waals surface area contributed by atoms with Gasteiger partial charge in [-0.25, -0.2) is 0 Å². The molecule has 0 radical (unpaired) electrons. The number of piperazine rings is 1. The molecule has 1 rings (SSSR count). The van der Waals surface area contributed by atoms with Crippen molar-refractivity contribution >= 4 is 17.2 Å². The Morgan fingerprint density at radius 3 is 2.00 bits per heavy atom. The lowest BCUT2D eigenvalue weighted by atomic mass is 10.1. The zero-order chi connectivity index (χ0) is 11.4. The number of nitrogens with two attached hydrogens (primary N) is 1. The van der Waals surface area contributed by atoms with E-state index in [4.69, 9.17) is 18.0 Å². The maximum Gasteiger partial charge on any atom is 0.0742 e. The van der Waals surface area contributed by atoms with E-state index < -0.39 is 0 Å². The molecule has 0 bridgehead atoms. The summed E-state index contributed by atoms with van der Waals surface area (Å²) in [5.74, 6) is 0. The van der Waals surface area contributed by atoms with Crippen molar-refractivity contribution in [1.29, 1.82) is 0 Å². The second-order valence-corrected chi connectivity index (χ2v) is 5.21. The summed E-state index contributed by atoms with van der Waals surface area (Å²) in [7, 11) is 0. The van der Waals surface area contributed by atoms with Gasteiger partial charge < -0.3 is 5.73 Å². The van der Waals surface area contributed by atoms with Gasteiger partial charge in [0.15, 0.2) is 0 Å². The van der Waals surface area contributed by atoms with E-state index in [-0.39, 0.29) is 0 Å². The van der Waals surface area contributed by atoms with E-state index >= 15 is 0 Å². The normalized spacial score (nSPS) is 21.9. The lowest BCUT2D eigenvalue weighted by Gasteiger charge is -2.39. The zero-order valence-electron chi connectivity index (χ0n) is 10.1. The van der Waals surface area contributed by atoms with Crippen LogP contribution in [0.4, 0.5) is 0 Å². The molecule has 1 atom stereocenters. The Bertz CT molecular complexity index is 210. The van der Waals surface area contributed by atoms with Crippen molar-refractivity contribution < 1.29 is 0 Å². The minimum absolute atomic E-state index is 0.497. The average molecular weight is 229 g/mol. The van der Waals surface area contributed by atoms with Gasteiger partial charge in [0.2, 0.25) is 0 Å². The monoisotopic (exact) mass is 229 g/mol. The third-order valence-corrected chi connectivity index (χ3v) is 3.37. The summed E-state index contributed by atoms with van der Waals surface area (Å²) in [6.07, 6.45) is 0.844. The van der Waals surface area contributed by atoms with E-state index in [1.165, 1.54) is 13.1 Å². The Hall–Kier alpha value is -0.190. The first-order valence-corrected chi connectivity index (χ1v) is 6.18. The van der Waals surface area contributed by atoms with Gasteiger partial charge in [0.25, 0.3) is 0 Å². The zero-order valence-corrected chi connectivity index (χ0v) is 10.9.